The van der Waals surface area contributed by atoms with Crippen LogP contribution in [0.1, 0.15) is 12.5 Å². The number of hydrogen-bond donors (Lipinski definition) is 1. The number of nitrogens with one attached hydrogen (secondary N) is 1. The minimum Gasteiger partial charge on any atom is -0.497 e. The second-order valence-electron chi connectivity index (χ2n) is 7.10. The third-order valence-corrected chi connectivity index (χ3v) is 5.78. The lowest BCUT2D eigenvalue weighted by molar-refractivity contribution is -0.118. The van der Waals surface area contributed by atoms with Gasteiger partial charge < -0.3 is 4.74 Å². The van der Waals surface area contributed by atoms with Gasteiger partial charge in [0.2, 0.25) is 0 Å². The molecule has 0 bridgehead atoms. The molecule has 0 radical (unpaired) electrons. The minimum absolute atomic E-state index is 0.147. The summed E-state index contributed by atoms with van der Waals surface area (Å²) >= 11 is 1.31. The molecule has 4 rings (SSSR count). The molecule has 166 valence electrons. The Morgan fingerprint density at radius 2 is 1.73 bits per heavy atom. The number of nitrogens with zero attached hydrogens (tertiary/aromatic N) is 4. The van der Waals surface area contributed by atoms with Crippen LogP contribution in [-0.4, -0.2) is 39.2 Å². The SMILES string of the molecule is COc1cccc(C(C)=NNC(=O)CSc2nnc(-c3ccccc3)n2-c2ccccc2)c1. The number of hydrazone groups is 1. The number of benzene rings is 3. The molecule has 0 spiro atoms. The Morgan fingerprint density at radius 3 is 2.45 bits per heavy atom. The number of amides is 1. The van der Waals surface area contributed by atoms with Crippen LogP contribution in [0.5, 0.6) is 5.75 Å². The smallest absolute Gasteiger partial charge is 0.250 e. The molecule has 4 aromatic rings. The molecule has 1 aromatic heterocycles. The Kier molecular flexibility index (Phi) is 7.16. The van der Waals surface area contributed by atoms with E-state index in [0.29, 0.717) is 10.9 Å². The molecule has 3 aromatic carbocycles. The highest BCUT2D eigenvalue weighted by atomic mass is 32.2. The first kappa shape index (κ1) is 22.3. The standard InChI is InChI=1S/C25H23N5O2S/c1-18(20-12-9-15-22(16-20)32-2)26-27-23(31)17-33-25-29-28-24(19-10-5-3-6-11-19)30(25)21-13-7-4-8-14-21/h3-16H,17H2,1-2H3,(H,27,31). The van der Waals surface area contributed by atoms with Crippen molar-refractivity contribution in [2.24, 2.45) is 5.10 Å². The molecule has 0 aliphatic heterocycles. The minimum atomic E-state index is -0.230. The quantitative estimate of drug-likeness (QED) is 0.238. The summed E-state index contributed by atoms with van der Waals surface area (Å²) in [5.41, 5.74) is 6.05. The number of rotatable bonds is 8. The van der Waals surface area contributed by atoms with E-state index in [9.17, 15) is 4.79 Å². The lowest BCUT2D eigenvalue weighted by Gasteiger charge is -2.10. The van der Waals surface area contributed by atoms with Crippen LogP contribution in [0.2, 0.25) is 0 Å². The van der Waals surface area contributed by atoms with Crippen LogP contribution in [0.4, 0.5) is 0 Å². The van der Waals surface area contributed by atoms with Gasteiger partial charge in [-0.25, -0.2) is 5.43 Å². The van der Waals surface area contributed by atoms with E-state index in [1.165, 1.54) is 11.8 Å². The molecular formula is C25H23N5O2S. The second-order valence-corrected chi connectivity index (χ2v) is 8.04. The molecule has 1 N–H and O–H groups in total. The normalized spacial score (nSPS) is 11.3. The summed E-state index contributed by atoms with van der Waals surface area (Å²) < 4.78 is 7.20. The predicted octanol–water partition coefficient (Wildman–Crippen LogP) is 4.58. The summed E-state index contributed by atoms with van der Waals surface area (Å²) in [6.07, 6.45) is 0. The van der Waals surface area contributed by atoms with Gasteiger partial charge in [-0.15, -0.1) is 10.2 Å². The van der Waals surface area contributed by atoms with Crippen molar-refractivity contribution >= 4 is 23.4 Å². The zero-order chi connectivity index (χ0) is 23.0. The number of hydrogen-bond acceptors (Lipinski definition) is 6. The van der Waals surface area contributed by atoms with Gasteiger partial charge in [0.15, 0.2) is 11.0 Å². The molecule has 0 saturated carbocycles. The van der Waals surface area contributed by atoms with E-state index in [-0.39, 0.29) is 11.7 Å². The summed E-state index contributed by atoms with van der Waals surface area (Å²) in [6, 6.07) is 27.2. The van der Waals surface area contributed by atoms with Gasteiger partial charge in [-0.3, -0.25) is 9.36 Å². The molecule has 1 amide bonds. The first-order valence-corrected chi connectivity index (χ1v) is 11.3. The molecule has 0 fully saturated rings. The fourth-order valence-corrected chi connectivity index (χ4v) is 3.91. The van der Waals surface area contributed by atoms with Crippen molar-refractivity contribution in [3.8, 4) is 22.8 Å². The van der Waals surface area contributed by atoms with E-state index >= 15 is 0 Å². The highest BCUT2D eigenvalue weighted by molar-refractivity contribution is 7.99. The van der Waals surface area contributed by atoms with Crippen molar-refractivity contribution in [2.75, 3.05) is 12.9 Å². The van der Waals surface area contributed by atoms with Crippen molar-refractivity contribution in [2.45, 2.75) is 12.1 Å². The van der Waals surface area contributed by atoms with Crippen LogP contribution < -0.4 is 10.2 Å². The zero-order valence-electron chi connectivity index (χ0n) is 18.3. The number of methoxy groups -OCH3 is 1. The zero-order valence-corrected chi connectivity index (χ0v) is 19.1. The summed E-state index contributed by atoms with van der Waals surface area (Å²) in [7, 11) is 1.61. The Balaban J connectivity index is 1.49. The molecule has 7 nitrogen and oxygen atoms in total. The predicted molar refractivity (Wildman–Crippen MR) is 131 cm³/mol. The summed E-state index contributed by atoms with van der Waals surface area (Å²) in [6.45, 7) is 1.83. The number of carbonyl (C=O) groups is 1. The molecule has 0 atom stereocenters. The third kappa shape index (κ3) is 5.48. The molecular weight excluding hydrogens is 434 g/mol. The Morgan fingerprint density at radius 1 is 1.00 bits per heavy atom. The van der Waals surface area contributed by atoms with Crippen LogP contribution in [0.15, 0.2) is 95.2 Å². The first-order valence-electron chi connectivity index (χ1n) is 10.3. The van der Waals surface area contributed by atoms with E-state index in [0.717, 1.165) is 28.4 Å². The van der Waals surface area contributed by atoms with Crippen molar-refractivity contribution < 1.29 is 9.53 Å². The van der Waals surface area contributed by atoms with E-state index in [1.54, 1.807) is 7.11 Å². The van der Waals surface area contributed by atoms with Crippen molar-refractivity contribution in [1.82, 2.24) is 20.2 Å². The number of carbonyl (C=O) groups excluding carboxylic acids is 1. The van der Waals surface area contributed by atoms with Gasteiger partial charge in [0.05, 0.1) is 18.6 Å². The van der Waals surface area contributed by atoms with Gasteiger partial charge in [-0.1, -0.05) is 72.4 Å². The maximum atomic E-state index is 12.5. The first-order chi connectivity index (χ1) is 16.2. The molecule has 0 unspecified atom stereocenters. The Hall–Kier alpha value is -3.91. The molecule has 0 saturated heterocycles. The van der Waals surface area contributed by atoms with Crippen LogP contribution in [0, 0.1) is 0 Å². The maximum Gasteiger partial charge on any atom is 0.250 e. The topological polar surface area (TPSA) is 81.4 Å². The average Bonchev–Trinajstić information content (AvgIpc) is 3.31. The van der Waals surface area contributed by atoms with Gasteiger partial charge in [0, 0.05) is 16.8 Å². The molecule has 1 heterocycles. The third-order valence-electron chi connectivity index (χ3n) is 4.85. The van der Waals surface area contributed by atoms with Gasteiger partial charge in [0.25, 0.3) is 5.91 Å². The van der Waals surface area contributed by atoms with Crippen LogP contribution in [0.25, 0.3) is 17.1 Å². The number of para-hydroxylation sites is 1. The van der Waals surface area contributed by atoms with Gasteiger partial charge in [-0.2, -0.15) is 5.10 Å². The molecule has 0 aliphatic carbocycles. The van der Waals surface area contributed by atoms with Crippen LogP contribution in [0.3, 0.4) is 0 Å². The van der Waals surface area contributed by atoms with Crippen LogP contribution >= 0.6 is 11.8 Å². The molecule has 33 heavy (non-hydrogen) atoms. The molecule has 0 aliphatic rings. The fourth-order valence-electron chi connectivity index (χ4n) is 3.17. The Bertz CT molecular complexity index is 1260. The number of thioether (sulfide) groups is 1. The van der Waals surface area contributed by atoms with E-state index in [4.69, 9.17) is 4.74 Å². The summed E-state index contributed by atoms with van der Waals surface area (Å²) in [5, 5.41) is 13.6. The van der Waals surface area contributed by atoms with Crippen molar-refractivity contribution in [3.63, 3.8) is 0 Å². The summed E-state index contributed by atoms with van der Waals surface area (Å²) in [5.74, 6) is 1.37. The lowest BCUT2D eigenvalue weighted by Crippen LogP contribution is -2.21. The monoisotopic (exact) mass is 457 g/mol. The van der Waals surface area contributed by atoms with Gasteiger partial charge in [0.1, 0.15) is 5.75 Å². The van der Waals surface area contributed by atoms with Gasteiger partial charge >= 0.3 is 0 Å². The highest BCUT2D eigenvalue weighted by Crippen LogP contribution is 2.27. The molecule has 8 heteroatoms. The van der Waals surface area contributed by atoms with Crippen molar-refractivity contribution in [3.05, 3.63) is 90.5 Å². The average molecular weight is 458 g/mol. The fraction of sp³-hybridized carbons (Fsp3) is 0.120. The van der Waals surface area contributed by atoms with E-state index in [1.807, 2.05) is 96.4 Å². The second kappa shape index (κ2) is 10.6. The van der Waals surface area contributed by atoms with Crippen molar-refractivity contribution in [1.29, 1.82) is 0 Å². The highest BCUT2D eigenvalue weighted by Gasteiger charge is 2.17. The van der Waals surface area contributed by atoms with Crippen LogP contribution in [-0.2, 0) is 4.79 Å². The maximum absolute atomic E-state index is 12.5. The lowest BCUT2D eigenvalue weighted by atomic mass is 10.1. The largest absolute Gasteiger partial charge is 0.497 e. The summed E-state index contributed by atoms with van der Waals surface area (Å²) in [4.78, 5) is 12.5. The van der Waals surface area contributed by atoms with E-state index in [2.05, 4.69) is 20.7 Å². The number of ether oxygens (including phenoxy) is 1. The Labute approximate surface area is 196 Å². The number of aromatic nitrogens is 3. The van der Waals surface area contributed by atoms with Gasteiger partial charge in [-0.05, 0) is 31.2 Å². The van der Waals surface area contributed by atoms with E-state index < -0.39 is 0 Å².